The number of nitrogens with zero attached hydrogens (tertiary/aromatic N) is 2. The fraction of sp³-hybridized carbons (Fsp3) is 0.407. The number of hydrogen-bond acceptors (Lipinski definition) is 6. The Morgan fingerprint density at radius 2 is 1.92 bits per heavy atom. The number of methoxy groups -OCH3 is 1. The number of halogens is 4. The van der Waals surface area contributed by atoms with Gasteiger partial charge in [-0.1, -0.05) is 11.6 Å². The van der Waals surface area contributed by atoms with E-state index in [4.69, 9.17) is 16.3 Å². The van der Waals surface area contributed by atoms with Crippen molar-refractivity contribution in [1.29, 1.82) is 0 Å². The highest BCUT2D eigenvalue weighted by Gasteiger charge is 2.41. The average Bonchev–Trinajstić information content (AvgIpc) is 2.91. The third-order valence-electron chi connectivity index (χ3n) is 7.27. The van der Waals surface area contributed by atoms with Crippen molar-refractivity contribution in [3.8, 4) is 5.75 Å². The molecule has 0 bridgehead atoms. The number of hydroxylamine groups is 1. The van der Waals surface area contributed by atoms with Gasteiger partial charge in [-0.15, -0.1) is 0 Å². The lowest BCUT2D eigenvalue weighted by Crippen LogP contribution is -2.49. The number of rotatable bonds is 10. The minimum absolute atomic E-state index is 0.0240. The minimum Gasteiger partial charge on any atom is -0.497 e. The van der Waals surface area contributed by atoms with Gasteiger partial charge in [0.2, 0.25) is 5.91 Å². The van der Waals surface area contributed by atoms with E-state index in [2.05, 4.69) is 15.2 Å². The number of pyridine rings is 1. The molecular weight excluding hydrogens is 521 g/mol. The first-order chi connectivity index (χ1) is 18.2. The van der Waals surface area contributed by atoms with E-state index in [0.717, 1.165) is 6.07 Å². The molecule has 0 spiro atoms. The second-order valence-corrected chi connectivity index (χ2v) is 9.96. The second kappa shape index (κ2) is 12.2. The molecule has 1 amide bonds. The molecule has 38 heavy (non-hydrogen) atoms. The molecule has 1 aliphatic heterocycles. The van der Waals surface area contributed by atoms with E-state index in [1.54, 1.807) is 23.7 Å². The molecule has 3 aromatic rings. The van der Waals surface area contributed by atoms with E-state index in [-0.39, 0.29) is 17.9 Å². The predicted octanol–water partition coefficient (Wildman–Crippen LogP) is 5.67. The Morgan fingerprint density at radius 1 is 1.21 bits per heavy atom. The maximum Gasteiger partial charge on any atom is 0.249 e. The number of alkyl halides is 1. The number of hydrogen-bond donors (Lipinski definition) is 3. The van der Waals surface area contributed by atoms with E-state index in [1.807, 2.05) is 0 Å². The second-order valence-electron chi connectivity index (χ2n) is 9.56. The van der Waals surface area contributed by atoms with Crippen molar-refractivity contribution in [3.63, 3.8) is 0 Å². The van der Waals surface area contributed by atoms with Crippen molar-refractivity contribution >= 4 is 34.1 Å². The topological polar surface area (TPSA) is 86.7 Å². The SMILES string of the molecule is COc1ccc2ncc(Cl)c(C(F)CCC3(C(=O)NO)CCN(CCNc4cc(F)cc(F)c4)CC3)c2c1. The van der Waals surface area contributed by atoms with Crippen LogP contribution >= 0.6 is 11.6 Å². The van der Waals surface area contributed by atoms with Crippen LogP contribution in [0.25, 0.3) is 10.9 Å². The lowest BCUT2D eigenvalue weighted by molar-refractivity contribution is -0.143. The van der Waals surface area contributed by atoms with Crippen molar-refractivity contribution < 1.29 is 27.9 Å². The van der Waals surface area contributed by atoms with Crippen LogP contribution in [-0.4, -0.2) is 54.3 Å². The Morgan fingerprint density at radius 3 is 2.58 bits per heavy atom. The van der Waals surface area contributed by atoms with E-state index in [9.17, 15) is 18.8 Å². The van der Waals surface area contributed by atoms with Gasteiger partial charge in [-0.25, -0.2) is 18.7 Å². The van der Waals surface area contributed by atoms with Crippen LogP contribution in [-0.2, 0) is 4.79 Å². The summed E-state index contributed by atoms with van der Waals surface area (Å²) in [4.78, 5) is 19.1. The summed E-state index contributed by atoms with van der Waals surface area (Å²) < 4.78 is 47.7. The third kappa shape index (κ3) is 6.31. The van der Waals surface area contributed by atoms with Gasteiger partial charge in [0.05, 0.1) is 23.1 Å². The lowest BCUT2D eigenvalue weighted by atomic mass is 9.73. The summed E-state index contributed by atoms with van der Waals surface area (Å²) in [6, 6.07) is 8.41. The van der Waals surface area contributed by atoms with Gasteiger partial charge in [0.25, 0.3) is 0 Å². The Labute approximate surface area is 223 Å². The maximum atomic E-state index is 15.7. The number of likely N-dealkylation sites (tertiary alicyclic amines) is 1. The molecule has 4 rings (SSSR count). The number of anilines is 1. The van der Waals surface area contributed by atoms with Gasteiger partial charge in [-0.3, -0.25) is 15.0 Å². The van der Waals surface area contributed by atoms with Gasteiger partial charge in [0.15, 0.2) is 0 Å². The lowest BCUT2D eigenvalue weighted by Gasteiger charge is -2.40. The van der Waals surface area contributed by atoms with Gasteiger partial charge in [0.1, 0.15) is 23.6 Å². The van der Waals surface area contributed by atoms with E-state index in [0.29, 0.717) is 66.9 Å². The smallest absolute Gasteiger partial charge is 0.249 e. The molecule has 2 aromatic carbocycles. The first kappa shape index (κ1) is 27.9. The fourth-order valence-corrected chi connectivity index (χ4v) is 5.36. The Kier molecular flexibility index (Phi) is 8.96. The van der Waals surface area contributed by atoms with Crippen molar-refractivity contribution in [2.45, 2.75) is 31.9 Å². The van der Waals surface area contributed by atoms with Crippen LogP contribution in [0.5, 0.6) is 5.75 Å². The summed E-state index contributed by atoms with van der Waals surface area (Å²) >= 11 is 6.35. The minimum atomic E-state index is -1.46. The Hall–Kier alpha value is -3.08. The predicted molar refractivity (Wildman–Crippen MR) is 139 cm³/mol. The summed E-state index contributed by atoms with van der Waals surface area (Å²) in [6.07, 6.45) is 1.02. The number of piperidine rings is 1. The first-order valence-electron chi connectivity index (χ1n) is 12.4. The molecule has 204 valence electrons. The molecule has 7 nitrogen and oxygen atoms in total. The average molecular weight is 551 g/mol. The molecule has 11 heteroatoms. The van der Waals surface area contributed by atoms with Gasteiger partial charge in [-0.05, 0) is 69.1 Å². The highest BCUT2D eigenvalue weighted by molar-refractivity contribution is 6.32. The summed E-state index contributed by atoms with van der Waals surface area (Å²) in [5.41, 5.74) is 2.06. The van der Waals surface area contributed by atoms with Crippen LogP contribution in [0.1, 0.15) is 37.4 Å². The van der Waals surface area contributed by atoms with Gasteiger partial charge < -0.3 is 15.0 Å². The zero-order valence-corrected chi connectivity index (χ0v) is 21.7. The summed E-state index contributed by atoms with van der Waals surface area (Å²) in [5, 5.41) is 13.2. The summed E-state index contributed by atoms with van der Waals surface area (Å²) in [5.74, 6) is -1.30. The molecule has 1 atom stereocenters. The maximum absolute atomic E-state index is 15.7. The van der Waals surface area contributed by atoms with Crippen LogP contribution in [0.4, 0.5) is 18.9 Å². The highest BCUT2D eigenvalue weighted by atomic mass is 35.5. The largest absolute Gasteiger partial charge is 0.497 e. The van der Waals surface area contributed by atoms with E-state index < -0.39 is 29.1 Å². The third-order valence-corrected chi connectivity index (χ3v) is 7.58. The van der Waals surface area contributed by atoms with Crippen LogP contribution in [0.3, 0.4) is 0 Å². The zero-order valence-electron chi connectivity index (χ0n) is 20.9. The zero-order chi connectivity index (χ0) is 27.3. The molecule has 1 aliphatic rings. The van der Waals surface area contributed by atoms with Gasteiger partial charge in [-0.2, -0.15) is 0 Å². The molecule has 0 radical (unpaired) electrons. The Bertz CT molecular complexity index is 1270. The molecule has 1 saturated heterocycles. The fourth-order valence-electron chi connectivity index (χ4n) is 5.09. The van der Waals surface area contributed by atoms with Gasteiger partial charge >= 0.3 is 0 Å². The molecular formula is C27H30ClF3N4O3. The van der Waals surface area contributed by atoms with Crippen molar-refractivity contribution in [3.05, 3.63) is 64.8 Å². The first-order valence-corrected chi connectivity index (χ1v) is 12.8. The van der Waals surface area contributed by atoms with Crippen molar-refractivity contribution in [2.24, 2.45) is 5.41 Å². The van der Waals surface area contributed by atoms with Crippen LogP contribution in [0.2, 0.25) is 5.02 Å². The number of fused-ring (bicyclic) bond motifs is 1. The number of ether oxygens (including phenoxy) is 1. The standard InChI is InChI=1S/C27H30ClF3N4O3/c1-38-20-2-3-24-21(15-20)25(22(28)16-33-24)23(31)4-5-27(26(36)34-37)6-9-35(10-7-27)11-8-32-19-13-17(29)12-18(30)14-19/h2-3,12-16,23,32,37H,4-11H2,1H3,(H,34,36). The van der Waals surface area contributed by atoms with Crippen molar-refractivity contribution in [2.75, 3.05) is 38.6 Å². The Balaban J connectivity index is 1.39. The van der Waals surface area contributed by atoms with Crippen LogP contribution in [0.15, 0.2) is 42.6 Å². The number of carbonyl (C=O) groups is 1. The monoisotopic (exact) mass is 550 g/mol. The summed E-state index contributed by atoms with van der Waals surface area (Å²) in [6.45, 7) is 2.12. The number of benzene rings is 2. The molecule has 1 unspecified atom stereocenters. The molecule has 0 aliphatic carbocycles. The normalized spacial score (nSPS) is 16.3. The molecule has 0 saturated carbocycles. The molecule has 3 N–H and O–H groups in total. The number of aromatic nitrogens is 1. The number of carbonyl (C=O) groups excluding carboxylic acids is 1. The van der Waals surface area contributed by atoms with Crippen LogP contribution in [0, 0.1) is 17.0 Å². The quantitative estimate of drug-likeness (QED) is 0.223. The number of amides is 1. The van der Waals surface area contributed by atoms with Crippen molar-refractivity contribution in [1.82, 2.24) is 15.4 Å². The van der Waals surface area contributed by atoms with Gasteiger partial charge in [0, 0.05) is 42.0 Å². The molecule has 1 fully saturated rings. The van der Waals surface area contributed by atoms with Crippen LogP contribution < -0.4 is 15.5 Å². The number of nitrogens with one attached hydrogen (secondary N) is 2. The van der Waals surface area contributed by atoms with E-state index >= 15 is 4.39 Å². The van der Waals surface area contributed by atoms with E-state index in [1.165, 1.54) is 25.4 Å². The summed E-state index contributed by atoms with van der Waals surface area (Å²) in [7, 11) is 1.52. The highest BCUT2D eigenvalue weighted by Crippen LogP contribution is 2.42. The molecule has 2 heterocycles. The molecule has 1 aromatic heterocycles.